The first-order valence-electron chi connectivity index (χ1n) is 5.93. The van der Waals surface area contributed by atoms with Gasteiger partial charge in [0.1, 0.15) is 0 Å². The number of aryl methyl sites for hydroxylation is 2. The number of halogens is 1. The van der Waals surface area contributed by atoms with Gasteiger partial charge in [-0.15, -0.1) is 11.3 Å². The number of fused-ring (bicyclic) bond motifs is 1. The first kappa shape index (κ1) is 13.7. The maximum atomic E-state index is 11.4. The zero-order valence-electron chi connectivity index (χ0n) is 10.3. The largest absolute Gasteiger partial charge is 0.454 e. The molecule has 7 heteroatoms. The fraction of sp³-hybridized carbons (Fsp3) is 0.231. The lowest BCUT2D eigenvalue weighted by Crippen LogP contribution is -1.96. The lowest BCUT2D eigenvalue weighted by atomic mass is 10.1. The lowest BCUT2D eigenvalue weighted by Gasteiger charge is -2.03. The highest BCUT2D eigenvalue weighted by Crippen LogP contribution is 2.33. The molecule has 1 aromatic heterocycles. The summed E-state index contributed by atoms with van der Waals surface area (Å²) < 4.78 is 33.4. The van der Waals surface area contributed by atoms with Crippen molar-refractivity contribution in [2.75, 3.05) is 6.79 Å². The van der Waals surface area contributed by atoms with Gasteiger partial charge in [-0.3, -0.25) is 0 Å². The molecular weight excluding hydrogens is 320 g/mol. The van der Waals surface area contributed by atoms with Crippen molar-refractivity contribution in [2.45, 2.75) is 17.7 Å². The topological polar surface area (TPSA) is 52.6 Å². The van der Waals surface area contributed by atoms with Crippen LogP contribution in [-0.4, -0.2) is 15.2 Å². The summed E-state index contributed by atoms with van der Waals surface area (Å²) in [6.45, 7) is 0.248. The van der Waals surface area contributed by atoms with Crippen molar-refractivity contribution in [1.29, 1.82) is 0 Å². The Morgan fingerprint density at radius 3 is 2.75 bits per heavy atom. The maximum absolute atomic E-state index is 11.4. The fourth-order valence-corrected chi connectivity index (χ4v) is 4.59. The second kappa shape index (κ2) is 5.27. The summed E-state index contributed by atoms with van der Waals surface area (Å²) in [5, 5.41) is 1.74. The molecule has 0 atom stereocenters. The number of thiophene rings is 1. The zero-order valence-corrected chi connectivity index (χ0v) is 12.7. The van der Waals surface area contributed by atoms with Gasteiger partial charge in [0.2, 0.25) is 6.79 Å². The Hall–Kier alpha value is -1.24. The SMILES string of the molecule is O=S(=O)(Cl)c1ccsc1CCc1ccc2c(c1)OCO2. The van der Waals surface area contributed by atoms with Crippen molar-refractivity contribution >= 4 is 31.1 Å². The molecule has 20 heavy (non-hydrogen) atoms. The van der Waals surface area contributed by atoms with E-state index in [1.54, 1.807) is 11.4 Å². The van der Waals surface area contributed by atoms with Gasteiger partial charge in [-0.1, -0.05) is 6.07 Å². The quantitative estimate of drug-likeness (QED) is 0.808. The maximum Gasteiger partial charge on any atom is 0.262 e. The van der Waals surface area contributed by atoms with Crippen molar-refractivity contribution in [2.24, 2.45) is 0 Å². The molecule has 0 bridgehead atoms. The summed E-state index contributed by atoms with van der Waals surface area (Å²) >= 11 is 1.40. The van der Waals surface area contributed by atoms with Gasteiger partial charge in [-0.05, 0) is 42.0 Å². The monoisotopic (exact) mass is 330 g/mol. The normalized spacial score (nSPS) is 13.7. The van der Waals surface area contributed by atoms with Crippen LogP contribution in [0, 0.1) is 0 Å². The molecule has 0 unspecified atom stereocenters. The molecular formula is C13H11ClO4S2. The van der Waals surface area contributed by atoms with E-state index in [-0.39, 0.29) is 11.7 Å². The second-order valence-corrected chi connectivity index (χ2v) is 7.87. The molecule has 2 heterocycles. The molecule has 0 N–H and O–H groups in total. The van der Waals surface area contributed by atoms with Gasteiger partial charge < -0.3 is 9.47 Å². The molecule has 2 aromatic rings. The van der Waals surface area contributed by atoms with E-state index in [1.165, 1.54) is 11.3 Å². The van der Waals surface area contributed by atoms with Crippen LogP contribution < -0.4 is 9.47 Å². The summed E-state index contributed by atoms with van der Waals surface area (Å²) in [5.74, 6) is 1.48. The van der Waals surface area contributed by atoms with Crippen molar-refractivity contribution in [1.82, 2.24) is 0 Å². The standard InChI is InChI=1S/C13H11ClO4S2/c14-20(15,16)13-5-6-19-12(13)4-2-9-1-3-10-11(7-9)18-8-17-10/h1,3,5-7H,2,4,8H2. The predicted octanol–water partition coefficient (Wildman–Crippen LogP) is 3.19. The number of hydrogen-bond donors (Lipinski definition) is 0. The van der Waals surface area contributed by atoms with Crippen molar-refractivity contribution < 1.29 is 17.9 Å². The first-order chi connectivity index (χ1) is 9.54. The van der Waals surface area contributed by atoms with Gasteiger partial charge >= 0.3 is 0 Å². The van der Waals surface area contributed by atoms with Gasteiger partial charge in [0, 0.05) is 15.6 Å². The van der Waals surface area contributed by atoms with Gasteiger partial charge in [0.25, 0.3) is 9.05 Å². The molecule has 0 radical (unpaired) electrons. The molecule has 3 rings (SSSR count). The highest BCUT2D eigenvalue weighted by molar-refractivity contribution is 8.13. The van der Waals surface area contributed by atoms with E-state index >= 15 is 0 Å². The van der Waals surface area contributed by atoms with Gasteiger partial charge in [-0.2, -0.15) is 0 Å². The minimum Gasteiger partial charge on any atom is -0.454 e. The van der Waals surface area contributed by atoms with Crippen LogP contribution in [0.5, 0.6) is 11.5 Å². The van der Waals surface area contributed by atoms with Crippen molar-refractivity contribution in [3.8, 4) is 11.5 Å². The van der Waals surface area contributed by atoms with E-state index in [0.29, 0.717) is 6.42 Å². The van der Waals surface area contributed by atoms with Crippen LogP contribution in [0.15, 0.2) is 34.5 Å². The van der Waals surface area contributed by atoms with Crippen molar-refractivity contribution in [3.63, 3.8) is 0 Å². The molecule has 1 aliphatic heterocycles. The molecule has 0 amide bonds. The minimum atomic E-state index is -3.67. The molecule has 1 aromatic carbocycles. The summed E-state index contributed by atoms with van der Waals surface area (Å²) in [4.78, 5) is 0.988. The molecule has 4 nitrogen and oxygen atoms in total. The molecule has 0 saturated carbocycles. The van der Waals surface area contributed by atoms with E-state index in [4.69, 9.17) is 20.2 Å². The lowest BCUT2D eigenvalue weighted by molar-refractivity contribution is 0.174. The average molecular weight is 331 g/mol. The number of ether oxygens (including phenoxy) is 2. The van der Waals surface area contributed by atoms with Crippen LogP contribution in [-0.2, 0) is 21.9 Å². The van der Waals surface area contributed by atoms with E-state index in [9.17, 15) is 8.42 Å². The second-order valence-electron chi connectivity index (χ2n) is 4.33. The summed E-state index contributed by atoms with van der Waals surface area (Å²) in [5.41, 5.74) is 1.07. The average Bonchev–Trinajstić information content (AvgIpc) is 3.03. The molecule has 106 valence electrons. The van der Waals surface area contributed by atoms with Crippen LogP contribution in [0.1, 0.15) is 10.4 Å². The highest BCUT2D eigenvalue weighted by atomic mass is 35.7. The van der Waals surface area contributed by atoms with E-state index < -0.39 is 9.05 Å². The Kier molecular flexibility index (Phi) is 3.62. The van der Waals surface area contributed by atoms with E-state index in [0.717, 1.165) is 28.4 Å². The molecule has 0 aliphatic carbocycles. The Balaban J connectivity index is 1.76. The molecule has 0 spiro atoms. The third-order valence-electron chi connectivity index (χ3n) is 3.04. The van der Waals surface area contributed by atoms with Crippen LogP contribution in [0.25, 0.3) is 0 Å². The number of benzene rings is 1. The summed E-state index contributed by atoms with van der Waals surface area (Å²) in [7, 11) is 1.74. The third-order valence-corrected chi connectivity index (χ3v) is 5.56. The van der Waals surface area contributed by atoms with Crippen molar-refractivity contribution in [3.05, 3.63) is 40.1 Å². The van der Waals surface area contributed by atoms with Crippen LogP contribution in [0.4, 0.5) is 0 Å². The molecule has 0 saturated heterocycles. The minimum absolute atomic E-state index is 0.213. The Morgan fingerprint density at radius 1 is 1.15 bits per heavy atom. The van der Waals surface area contributed by atoms with Gasteiger partial charge in [-0.25, -0.2) is 8.42 Å². The number of hydrogen-bond acceptors (Lipinski definition) is 5. The van der Waals surface area contributed by atoms with Crippen LogP contribution in [0.3, 0.4) is 0 Å². The first-order valence-corrected chi connectivity index (χ1v) is 9.12. The van der Waals surface area contributed by atoms with Crippen LogP contribution >= 0.6 is 22.0 Å². The highest BCUT2D eigenvalue weighted by Gasteiger charge is 2.17. The number of rotatable bonds is 4. The van der Waals surface area contributed by atoms with Crippen LogP contribution in [0.2, 0.25) is 0 Å². The summed E-state index contributed by atoms with van der Waals surface area (Å²) in [6.07, 6.45) is 1.34. The summed E-state index contributed by atoms with van der Waals surface area (Å²) in [6, 6.07) is 7.29. The fourth-order valence-electron chi connectivity index (χ4n) is 2.08. The predicted molar refractivity (Wildman–Crippen MR) is 77.3 cm³/mol. The smallest absolute Gasteiger partial charge is 0.262 e. The van der Waals surface area contributed by atoms with E-state index in [1.807, 2.05) is 18.2 Å². The van der Waals surface area contributed by atoms with Gasteiger partial charge in [0.05, 0.1) is 4.90 Å². The van der Waals surface area contributed by atoms with E-state index in [2.05, 4.69) is 0 Å². The van der Waals surface area contributed by atoms with Gasteiger partial charge in [0.15, 0.2) is 11.5 Å². The Bertz CT molecular complexity index is 737. The zero-order chi connectivity index (χ0) is 14.2. The Labute approximate surface area is 125 Å². The molecule has 0 fully saturated rings. The Morgan fingerprint density at radius 2 is 1.95 bits per heavy atom. The molecule has 1 aliphatic rings. The third kappa shape index (κ3) is 2.77.